The Morgan fingerprint density at radius 1 is 1.60 bits per heavy atom. The third-order valence-corrected chi connectivity index (χ3v) is 2.72. The summed E-state index contributed by atoms with van der Waals surface area (Å²) in [7, 11) is 1.63. The molecule has 0 radical (unpaired) electrons. The van der Waals surface area contributed by atoms with E-state index in [4.69, 9.17) is 10.5 Å². The van der Waals surface area contributed by atoms with Gasteiger partial charge in [-0.1, -0.05) is 15.9 Å². The van der Waals surface area contributed by atoms with Crippen LogP contribution in [0.5, 0.6) is 0 Å². The van der Waals surface area contributed by atoms with Crippen LogP contribution in [0.3, 0.4) is 0 Å². The van der Waals surface area contributed by atoms with Gasteiger partial charge in [-0.2, -0.15) is 0 Å². The molecule has 4 nitrogen and oxygen atoms in total. The van der Waals surface area contributed by atoms with Gasteiger partial charge in [0.1, 0.15) is 6.17 Å². The van der Waals surface area contributed by atoms with E-state index in [0.29, 0.717) is 6.61 Å². The molecule has 0 fully saturated rings. The number of rotatable bonds is 3. The Morgan fingerprint density at radius 3 is 3.13 bits per heavy atom. The highest BCUT2D eigenvalue weighted by Crippen LogP contribution is 2.20. The smallest absolute Gasteiger partial charge is 0.107 e. The van der Waals surface area contributed by atoms with Gasteiger partial charge in [-0.15, -0.1) is 0 Å². The largest absolute Gasteiger partial charge is 0.381 e. The number of hydrogen-bond donors (Lipinski definition) is 1. The molecule has 0 aliphatic rings. The summed E-state index contributed by atoms with van der Waals surface area (Å²) in [5, 5.41) is 0. The molecule has 0 saturated heterocycles. The minimum Gasteiger partial charge on any atom is -0.381 e. The highest BCUT2D eigenvalue weighted by Gasteiger charge is 2.09. The second-order valence-corrected chi connectivity index (χ2v) is 4.22. The molecule has 2 aromatic rings. The fourth-order valence-corrected chi connectivity index (χ4v) is 1.87. The highest BCUT2D eigenvalue weighted by molar-refractivity contribution is 9.10. The van der Waals surface area contributed by atoms with Crippen molar-refractivity contribution in [1.82, 2.24) is 9.55 Å². The summed E-state index contributed by atoms with van der Waals surface area (Å²) in [4.78, 5) is 4.28. The molecule has 2 rings (SSSR count). The van der Waals surface area contributed by atoms with Crippen LogP contribution in [-0.2, 0) is 4.74 Å². The van der Waals surface area contributed by atoms with Crippen molar-refractivity contribution >= 4 is 27.0 Å². The maximum atomic E-state index is 5.94. The third-order valence-electron chi connectivity index (χ3n) is 2.23. The van der Waals surface area contributed by atoms with Crippen molar-refractivity contribution < 1.29 is 4.74 Å². The quantitative estimate of drug-likeness (QED) is 0.926. The molecule has 0 aliphatic heterocycles. The molecule has 0 bridgehead atoms. The number of ether oxygens (including phenoxy) is 1. The molecule has 15 heavy (non-hydrogen) atoms. The minimum atomic E-state index is -0.193. The van der Waals surface area contributed by atoms with E-state index in [1.807, 2.05) is 22.8 Å². The number of hydrogen-bond acceptors (Lipinski definition) is 3. The Kier molecular flexibility index (Phi) is 3.04. The van der Waals surface area contributed by atoms with Gasteiger partial charge in [0, 0.05) is 11.6 Å². The van der Waals surface area contributed by atoms with E-state index in [0.717, 1.165) is 15.5 Å². The SMILES string of the molecule is COCC(N)n1cnc2cc(Br)ccc21. The molecule has 1 heterocycles. The molecule has 2 N–H and O–H groups in total. The molecule has 0 saturated carbocycles. The molecule has 80 valence electrons. The van der Waals surface area contributed by atoms with Crippen LogP contribution < -0.4 is 5.73 Å². The fourth-order valence-electron chi connectivity index (χ4n) is 1.52. The summed E-state index contributed by atoms with van der Waals surface area (Å²) >= 11 is 3.40. The number of benzene rings is 1. The molecule has 5 heteroatoms. The molecule has 0 aliphatic carbocycles. The maximum Gasteiger partial charge on any atom is 0.107 e. The second kappa shape index (κ2) is 4.30. The topological polar surface area (TPSA) is 53.1 Å². The number of imidazole rings is 1. The van der Waals surface area contributed by atoms with Gasteiger partial charge in [0.2, 0.25) is 0 Å². The summed E-state index contributed by atoms with van der Waals surface area (Å²) in [5.74, 6) is 0. The number of nitrogens with zero attached hydrogens (tertiary/aromatic N) is 2. The third kappa shape index (κ3) is 2.04. The Labute approximate surface area is 96.2 Å². The standard InChI is InChI=1S/C10H12BrN3O/c1-15-5-10(12)14-6-13-8-4-7(11)2-3-9(8)14/h2-4,6,10H,5,12H2,1H3. The average molecular weight is 270 g/mol. The van der Waals surface area contributed by atoms with Crippen LogP contribution in [0.1, 0.15) is 6.17 Å². The van der Waals surface area contributed by atoms with Gasteiger partial charge in [-0.3, -0.25) is 0 Å². The minimum absolute atomic E-state index is 0.193. The Balaban J connectivity index is 2.44. The number of aromatic nitrogens is 2. The Hall–Kier alpha value is -0.910. The van der Waals surface area contributed by atoms with Gasteiger partial charge < -0.3 is 15.0 Å². The van der Waals surface area contributed by atoms with Crippen LogP contribution in [0.4, 0.5) is 0 Å². The van der Waals surface area contributed by atoms with Crippen molar-refractivity contribution in [3.05, 3.63) is 29.0 Å². The number of halogens is 1. The van der Waals surface area contributed by atoms with Crippen LogP contribution in [0.15, 0.2) is 29.0 Å². The molecule has 0 amide bonds. The number of fused-ring (bicyclic) bond motifs is 1. The lowest BCUT2D eigenvalue weighted by molar-refractivity contribution is 0.159. The average Bonchev–Trinajstić information content (AvgIpc) is 2.60. The lowest BCUT2D eigenvalue weighted by Gasteiger charge is -2.12. The highest BCUT2D eigenvalue weighted by atomic mass is 79.9. The van der Waals surface area contributed by atoms with Crippen molar-refractivity contribution in [2.45, 2.75) is 6.17 Å². The molecular weight excluding hydrogens is 258 g/mol. The lowest BCUT2D eigenvalue weighted by atomic mass is 10.3. The summed E-state index contributed by atoms with van der Waals surface area (Å²) in [6.07, 6.45) is 1.54. The first-order valence-corrected chi connectivity index (χ1v) is 5.38. The van der Waals surface area contributed by atoms with E-state index in [9.17, 15) is 0 Å². The van der Waals surface area contributed by atoms with E-state index in [2.05, 4.69) is 20.9 Å². The van der Waals surface area contributed by atoms with Gasteiger partial charge in [0.15, 0.2) is 0 Å². The van der Waals surface area contributed by atoms with Crippen LogP contribution in [0.25, 0.3) is 11.0 Å². The van der Waals surface area contributed by atoms with E-state index in [-0.39, 0.29) is 6.17 Å². The van der Waals surface area contributed by atoms with E-state index in [1.165, 1.54) is 0 Å². The van der Waals surface area contributed by atoms with Crippen molar-refractivity contribution in [3.8, 4) is 0 Å². The lowest BCUT2D eigenvalue weighted by Crippen LogP contribution is -2.22. The summed E-state index contributed by atoms with van der Waals surface area (Å²) < 4.78 is 7.94. The maximum absolute atomic E-state index is 5.94. The zero-order valence-electron chi connectivity index (χ0n) is 8.35. The zero-order valence-corrected chi connectivity index (χ0v) is 9.94. The van der Waals surface area contributed by atoms with Gasteiger partial charge in [0.25, 0.3) is 0 Å². The van der Waals surface area contributed by atoms with Crippen molar-refractivity contribution in [2.75, 3.05) is 13.7 Å². The molecule has 1 aromatic carbocycles. The van der Waals surface area contributed by atoms with Gasteiger partial charge >= 0.3 is 0 Å². The van der Waals surface area contributed by atoms with Crippen LogP contribution in [-0.4, -0.2) is 23.3 Å². The summed E-state index contributed by atoms with van der Waals surface area (Å²) in [6.45, 7) is 0.474. The van der Waals surface area contributed by atoms with Crippen LogP contribution >= 0.6 is 15.9 Å². The van der Waals surface area contributed by atoms with Crippen LogP contribution in [0.2, 0.25) is 0 Å². The van der Waals surface area contributed by atoms with Crippen molar-refractivity contribution in [3.63, 3.8) is 0 Å². The molecular formula is C10H12BrN3O. The molecule has 1 atom stereocenters. The van der Waals surface area contributed by atoms with E-state index >= 15 is 0 Å². The van der Waals surface area contributed by atoms with Crippen LogP contribution in [0, 0.1) is 0 Å². The number of nitrogens with two attached hydrogens (primary N) is 1. The van der Waals surface area contributed by atoms with Gasteiger partial charge in [-0.05, 0) is 18.2 Å². The monoisotopic (exact) mass is 269 g/mol. The van der Waals surface area contributed by atoms with E-state index < -0.39 is 0 Å². The predicted octanol–water partition coefficient (Wildman–Crippen LogP) is 1.90. The molecule has 1 unspecified atom stereocenters. The van der Waals surface area contributed by atoms with Gasteiger partial charge in [-0.25, -0.2) is 4.98 Å². The predicted molar refractivity (Wildman–Crippen MR) is 62.5 cm³/mol. The first-order valence-electron chi connectivity index (χ1n) is 4.59. The Morgan fingerprint density at radius 2 is 2.40 bits per heavy atom. The molecule has 1 aromatic heterocycles. The molecule has 0 spiro atoms. The second-order valence-electron chi connectivity index (χ2n) is 3.31. The normalized spacial score (nSPS) is 13.3. The summed E-state index contributed by atoms with van der Waals surface area (Å²) in [5.41, 5.74) is 7.88. The van der Waals surface area contributed by atoms with Gasteiger partial charge in [0.05, 0.1) is 24.0 Å². The number of methoxy groups -OCH3 is 1. The first kappa shape index (κ1) is 10.6. The van der Waals surface area contributed by atoms with E-state index in [1.54, 1.807) is 13.4 Å². The summed E-state index contributed by atoms with van der Waals surface area (Å²) in [6, 6.07) is 5.92. The van der Waals surface area contributed by atoms with Crippen molar-refractivity contribution in [1.29, 1.82) is 0 Å². The first-order chi connectivity index (χ1) is 7.22. The van der Waals surface area contributed by atoms with Crippen molar-refractivity contribution in [2.24, 2.45) is 5.73 Å². The fraction of sp³-hybridized carbons (Fsp3) is 0.300. The zero-order chi connectivity index (χ0) is 10.8. The Bertz CT molecular complexity index is 469.